The van der Waals surface area contributed by atoms with Crippen molar-refractivity contribution in [3.63, 3.8) is 0 Å². The second-order valence-electron chi connectivity index (χ2n) is 13.4. The molecule has 6 aromatic rings. The van der Waals surface area contributed by atoms with E-state index in [1.807, 2.05) is 47.1 Å². The fourth-order valence-corrected chi connectivity index (χ4v) is 7.32. The van der Waals surface area contributed by atoms with Crippen LogP contribution in [0.2, 0.25) is 0 Å². The van der Waals surface area contributed by atoms with Gasteiger partial charge in [0.2, 0.25) is 0 Å². The van der Waals surface area contributed by atoms with Crippen LogP contribution in [0.1, 0.15) is 78.7 Å². The summed E-state index contributed by atoms with van der Waals surface area (Å²) in [5, 5.41) is 1.31. The molecule has 0 amide bonds. The summed E-state index contributed by atoms with van der Waals surface area (Å²) in [6.45, 7) is 9.12. The van der Waals surface area contributed by atoms with Crippen LogP contribution >= 0.6 is 15.9 Å². The summed E-state index contributed by atoms with van der Waals surface area (Å²) < 4.78 is 30.1. The zero-order valence-electron chi connectivity index (χ0n) is 30.3. The van der Waals surface area contributed by atoms with E-state index in [9.17, 15) is 18.4 Å². The van der Waals surface area contributed by atoms with E-state index >= 15 is 0 Å². The zero-order valence-corrected chi connectivity index (χ0v) is 31.9. The van der Waals surface area contributed by atoms with Crippen LogP contribution in [0.5, 0.6) is 0 Å². The predicted octanol–water partition coefficient (Wildman–Crippen LogP) is 9.81. The maximum absolute atomic E-state index is 13.3. The van der Waals surface area contributed by atoms with Crippen molar-refractivity contribution in [3.8, 4) is 24.2 Å². The van der Waals surface area contributed by atoms with Gasteiger partial charge in [-0.05, 0) is 111 Å². The van der Waals surface area contributed by atoms with Crippen molar-refractivity contribution in [2.24, 2.45) is 0 Å². The van der Waals surface area contributed by atoms with Crippen LogP contribution in [0.25, 0.3) is 21.8 Å². The topological polar surface area (TPSA) is 69.8 Å². The molecular formula is C46H39BrF2N4O2. The molecule has 2 atom stereocenters. The molecule has 0 fully saturated rings. The highest BCUT2D eigenvalue weighted by atomic mass is 79.9. The number of aromatic nitrogens is 4. The number of benzene rings is 4. The zero-order chi connectivity index (χ0) is 38.9. The Hall–Kier alpha value is -5.90. The number of allylic oxidation sites excluding steroid dienone is 2. The van der Waals surface area contributed by atoms with Crippen LogP contribution in [0.15, 0.2) is 124 Å². The lowest BCUT2D eigenvalue weighted by atomic mass is 9.94. The van der Waals surface area contributed by atoms with Gasteiger partial charge < -0.3 is 0 Å². The van der Waals surface area contributed by atoms with E-state index in [1.165, 1.54) is 24.3 Å². The lowest BCUT2D eigenvalue weighted by molar-refractivity contribution is 0.429. The molecule has 0 saturated heterocycles. The van der Waals surface area contributed by atoms with Crippen LogP contribution in [0, 0.1) is 35.8 Å². The third-order valence-corrected chi connectivity index (χ3v) is 10.1. The average Bonchev–Trinajstić information content (AvgIpc) is 3.18. The second-order valence-corrected chi connectivity index (χ2v) is 14.3. The Balaban J connectivity index is 0.000000159. The van der Waals surface area contributed by atoms with Crippen LogP contribution < -0.4 is 11.1 Å². The molecule has 2 aliphatic rings. The Labute approximate surface area is 327 Å². The van der Waals surface area contributed by atoms with E-state index in [0.717, 1.165) is 72.3 Å². The Morgan fingerprint density at radius 2 is 1.20 bits per heavy atom. The first-order valence-electron chi connectivity index (χ1n) is 18.1. The molecule has 0 bridgehead atoms. The van der Waals surface area contributed by atoms with Gasteiger partial charge in [0.15, 0.2) is 0 Å². The minimum absolute atomic E-state index is 0.00778. The molecule has 6 nitrogen and oxygen atoms in total. The van der Waals surface area contributed by atoms with Crippen molar-refractivity contribution >= 4 is 37.7 Å². The normalized spacial score (nSPS) is 15.4. The summed E-state index contributed by atoms with van der Waals surface area (Å²) in [5.41, 5.74) is 3.47. The highest BCUT2D eigenvalue weighted by Gasteiger charge is 2.24. The standard InChI is InChI=1S/C23H19FN2O.C15H15BrN2O.C8H5F/c1-2-5-18-7-4-13-26-22(18)25-21-15-17(11-12-20(21)23(26)27)10-9-16-6-3-8-19(24)14-16;1-2-4-10-5-3-8-18-14(10)17-13-9-11(16)6-7-12(13)15(18)19;1-2-7-4-3-5-8(9)6-7/h2-3,6,8,11-12,14-15,18H,1,4-5,7,13H2;2,6-7,9-10H,1,3-5,8H2;1,3-6H. The predicted molar refractivity (Wildman–Crippen MR) is 220 cm³/mol. The lowest BCUT2D eigenvalue weighted by Gasteiger charge is -2.25. The number of halogens is 3. The first kappa shape index (κ1) is 38.8. The van der Waals surface area contributed by atoms with Gasteiger partial charge in [0, 0.05) is 46.1 Å². The molecule has 0 spiro atoms. The number of hydrogen-bond donors (Lipinski definition) is 0. The molecule has 0 radical (unpaired) electrons. The number of terminal acetylenes is 1. The Kier molecular flexibility index (Phi) is 12.7. The van der Waals surface area contributed by atoms with Crippen LogP contribution in [0.3, 0.4) is 0 Å². The molecule has 55 heavy (non-hydrogen) atoms. The van der Waals surface area contributed by atoms with Crippen molar-refractivity contribution in [2.75, 3.05) is 0 Å². The molecule has 4 aromatic carbocycles. The fraction of sp³-hybridized carbons (Fsp3) is 0.217. The van der Waals surface area contributed by atoms with Crippen LogP contribution in [0.4, 0.5) is 8.78 Å². The van der Waals surface area contributed by atoms with Gasteiger partial charge in [-0.15, -0.1) is 19.6 Å². The van der Waals surface area contributed by atoms with Crippen LogP contribution in [-0.2, 0) is 13.1 Å². The van der Waals surface area contributed by atoms with Crippen molar-refractivity contribution < 1.29 is 8.78 Å². The average molecular weight is 798 g/mol. The molecule has 8 rings (SSSR count). The number of hydrogen-bond acceptors (Lipinski definition) is 4. The molecule has 2 aromatic heterocycles. The molecule has 0 saturated carbocycles. The summed E-state index contributed by atoms with van der Waals surface area (Å²) in [7, 11) is 0. The van der Waals surface area contributed by atoms with Gasteiger partial charge in [0.25, 0.3) is 11.1 Å². The van der Waals surface area contributed by atoms with Crippen LogP contribution in [-0.4, -0.2) is 19.1 Å². The number of rotatable bonds is 4. The maximum atomic E-state index is 13.3. The number of nitrogens with zero attached hydrogens (tertiary/aromatic N) is 4. The Morgan fingerprint density at radius 3 is 1.71 bits per heavy atom. The highest BCUT2D eigenvalue weighted by molar-refractivity contribution is 9.10. The second kappa shape index (κ2) is 18.0. The largest absolute Gasteiger partial charge is 0.296 e. The van der Waals surface area contributed by atoms with E-state index in [-0.39, 0.29) is 28.7 Å². The molecule has 4 heterocycles. The van der Waals surface area contributed by atoms with Crippen molar-refractivity contribution in [2.45, 2.75) is 63.5 Å². The third-order valence-electron chi connectivity index (χ3n) is 9.60. The molecule has 2 unspecified atom stereocenters. The van der Waals surface area contributed by atoms with Gasteiger partial charge in [0.05, 0.1) is 21.8 Å². The molecule has 9 heteroatoms. The molecule has 276 valence electrons. The van der Waals surface area contributed by atoms with E-state index < -0.39 is 0 Å². The van der Waals surface area contributed by atoms with E-state index in [1.54, 1.807) is 34.9 Å². The first-order chi connectivity index (χ1) is 26.7. The fourth-order valence-electron chi connectivity index (χ4n) is 6.97. The van der Waals surface area contributed by atoms with Gasteiger partial charge in [-0.1, -0.05) is 58.0 Å². The molecule has 0 aliphatic carbocycles. The smallest absolute Gasteiger partial charge is 0.261 e. The van der Waals surface area contributed by atoms with E-state index in [0.29, 0.717) is 39.9 Å². The minimum atomic E-state index is -0.310. The van der Waals surface area contributed by atoms with Gasteiger partial charge in [-0.2, -0.15) is 0 Å². The summed E-state index contributed by atoms with van der Waals surface area (Å²) in [6, 6.07) is 23.2. The third kappa shape index (κ3) is 9.25. The molecule has 2 aliphatic heterocycles. The maximum Gasteiger partial charge on any atom is 0.261 e. The highest BCUT2D eigenvalue weighted by Crippen LogP contribution is 2.30. The van der Waals surface area contributed by atoms with E-state index in [2.05, 4.69) is 46.8 Å². The van der Waals surface area contributed by atoms with E-state index in [4.69, 9.17) is 16.4 Å². The summed E-state index contributed by atoms with van der Waals surface area (Å²) in [4.78, 5) is 34.9. The lowest BCUT2D eigenvalue weighted by Crippen LogP contribution is -2.30. The number of fused-ring (bicyclic) bond motifs is 4. The van der Waals surface area contributed by atoms with Crippen molar-refractivity contribution in [1.82, 2.24) is 19.1 Å². The quantitative estimate of drug-likeness (QED) is 0.132. The Morgan fingerprint density at radius 1 is 0.709 bits per heavy atom. The molecular weight excluding hydrogens is 758 g/mol. The van der Waals surface area contributed by atoms with Gasteiger partial charge >= 0.3 is 0 Å². The van der Waals surface area contributed by atoms with Gasteiger partial charge in [-0.3, -0.25) is 18.7 Å². The van der Waals surface area contributed by atoms with Gasteiger partial charge in [0.1, 0.15) is 23.3 Å². The summed E-state index contributed by atoms with van der Waals surface area (Å²) in [5.74, 6) is 10.0. The minimum Gasteiger partial charge on any atom is -0.296 e. The summed E-state index contributed by atoms with van der Waals surface area (Å²) in [6.07, 6.45) is 14.6. The van der Waals surface area contributed by atoms with Crippen molar-refractivity contribution in [1.29, 1.82) is 0 Å². The monoisotopic (exact) mass is 796 g/mol. The summed E-state index contributed by atoms with van der Waals surface area (Å²) >= 11 is 3.43. The SMILES string of the molecule is C#Cc1cccc(F)c1.C=CCC1CCCn2c1nc1cc(Br)ccc1c2=O.C=CCC1CCCn2c1nc1cc(C#Cc3cccc(F)c3)ccc1c2=O. The Bertz CT molecular complexity index is 2630. The first-order valence-corrected chi connectivity index (χ1v) is 18.9. The molecule has 0 N–H and O–H groups in total. The van der Waals surface area contributed by atoms with Crippen molar-refractivity contribution in [3.05, 3.63) is 175 Å². The van der Waals surface area contributed by atoms with Gasteiger partial charge in [-0.25, -0.2) is 18.7 Å².